The molecule has 3 N–H and O–H groups in total. The molecule has 1 aliphatic carbocycles. The number of pyridine rings is 1. The molecule has 0 bridgehead atoms. The zero-order valence-electron chi connectivity index (χ0n) is 28.8. The molecule has 12 nitrogen and oxygen atoms in total. The van der Waals surface area contributed by atoms with E-state index >= 15 is 0 Å². The number of methoxy groups -OCH3 is 1. The summed E-state index contributed by atoms with van der Waals surface area (Å²) in [6.07, 6.45) is 1.51. The number of carbonyl (C=O) groups excluding carboxylic acids is 1. The van der Waals surface area contributed by atoms with Crippen molar-refractivity contribution in [2.75, 3.05) is 26.0 Å². The number of ether oxygens (including phenoxy) is 1. The molecule has 272 valence electrons. The zero-order chi connectivity index (χ0) is 37.3. The van der Waals surface area contributed by atoms with E-state index in [0.29, 0.717) is 45.7 Å². The van der Waals surface area contributed by atoms with Gasteiger partial charge < -0.3 is 20.7 Å². The third kappa shape index (κ3) is 7.10. The number of hydrogen-bond acceptors (Lipinski definition) is 9. The predicted molar refractivity (Wildman–Crippen MR) is 197 cm³/mol. The number of likely N-dealkylation sites (N-methyl/N-ethyl adjacent to an activating group) is 1. The summed E-state index contributed by atoms with van der Waals surface area (Å²) >= 11 is 13.9. The van der Waals surface area contributed by atoms with E-state index in [-0.39, 0.29) is 33.5 Å². The predicted octanol–water partition coefficient (Wildman–Crippen LogP) is 5.73. The summed E-state index contributed by atoms with van der Waals surface area (Å²) in [6.45, 7) is 0.895. The fraction of sp³-hybridized carbons (Fsp3) is 0.333. The second-order valence-corrected chi connectivity index (χ2v) is 13.2. The monoisotopic (exact) mass is 752 g/mol. The van der Waals surface area contributed by atoms with Gasteiger partial charge >= 0.3 is 5.69 Å². The Balaban J connectivity index is 0.000000451. The van der Waals surface area contributed by atoms with E-state index in [1.807, 2.05) is 31.3 Å². The first-order valence-corrected chi connectivity index (χ1v) is 17.3. The van der Waals surface area contributed by atoms with E-state index in [2.05, 4.69) is 25.9 Å². The normalized spacial score (nSPS) is 15.0. The minimum atomic E-state index is -3.06. The Kier molecular flexibility index (Phi) is 10.9. The number of rotatable bonds is 8. The molecule has 5 aromatic rings. The molecule has 7 rings (SSSR count). The molecule has 0 radical (unpaired) electrons. The third-order valence-electron chi connectivity index (χ3n) is 9.11. The van der Waals surface area contributed by atoms with Crippen molar-refractivity contribution in [3.8, 4) is 28.3 Å². The van der Waals surface area contributed by atoms with E-state index in [4.69, 9.17) is 32.9 Å². The van der Waals surface area contributed by atoms with Crippen molar-refractivity contribution in [1.82, 2.24) is 34.7 Å². The molecular formula is C36H36Cl2F2N8O4. The van der Waals surface area contributed by atoms with Crippen molar-refractivity contribution in [2.24, 2.45) is 14.1 Å². The van der Waals surface area contributed by atoms with Crippen molar-refractivity contribution in [1.29, 1.82) is 0 Å². The van der Waals surface area contributed by atoms with Gasteiger partial charge in [0.15, 0.2) is 11.5 Å². The molecule has 1 amide bonds. The van der Waals surface area contributed by atoms with Gasteiger partial charge in [0.25, 0.3) is 12.0 Å². The Morgan fingerprint density at radius 1 is 0.962 bits per heavy atom. The molecule has 4 heterocycles. The molecule has 1 saturated heterocycles. The summed E-state index contributed by atoms with van der Waals surface area (Å²) in [7, 11) is 6.11. The van der Waals surface area contributed by atoms with E-state index in [9.17, 15) is 23.2 Å². The largest absolute Gasteiger partial charge is 0.481 e. The van der Waals surface area contributed by atoms with Crippen LogP contribution in [0, 0.1) is 0 Å². The van der Waals surface area contributed by atoms with Crippen molar-refractivity contribution in [2.45, 2.75) is 44.6 Å². The Morgan fingerprint density at radius 2 is 1.67 bits per heavy atom. The summed E-state index contributed by atoms with van der Waals surface area (Å²) in [4.78, 5) is 48.6. The van der Waals surface area contributed by atoms with Crippen LogP contribution in [-0.4, -0.2) is 56.7 Å². The van der Waals surface area contributed by atoms with Crippen LogP contribution < -0.4 is 31.9 Å². The van der Waals surface area contributed by atoms with Gasteiger partial charge in [0.2, 0.25) is 11.8 Å². The minimum Gasteiger partial charge on any atom is -0.481 e. The van der Waals surface area contributed by atoms with Gasteiger partial charge in [0.1, 0.15) is 11.2 Å². The number of aromatic nitrogens is 5. The van der Waals surface area contributed by atoms with E-state index in [1.54, 1.807) is 25.3 Å². The van der Waals surface area contributed by atoms with Gasteiger partial charge in [-0.2, -0.15) is 0 Å². The molecule has 1 unspecified atom stereocenters. The number of anilines is 2. The molecule has 0 spiro atoms. The van der Waals surface area contributed by atoms with Gasteiger partial charge in [-0.05, 0) is 50.4 Å². The molecule has 1 fully saturated rings. The Labute approximate surface area is 307 Å². The molecule has 2 aliphatic rings. The smallest absolute Gasteiger partial charge is 0.332 e. The van der Waals surface area contributed by atoms with Gasteiger partial charge in [0.05, 0.1) is 28.5 Å². The third-order valence-corrected chi connectivity index (χ3v) is 9.92. The fourth-order valence-electron chi connectivity index (χ4n) is 6.49. The Morgan fingerprint density at radius 3 is 2.35 bits per heavy atom. The number of amides is 1. The van der Waals surface area contributed by atoms with Crippen LogP contribution in [0.5, 0.6) is 5.88 Å². The number of carbonyl (C=O) groups is 1. The summed E-state index contributed by atoms with van der Waals surface area (Å²) in [5.74, 6) is -0.293. The number of alkyl halides is 2. The first-order chi connectivity index (χ1) is 24.9. The number of nitrogens with one attached hydrogen (secondary N) is 3. The summed E-state index contributed by atoms with van der Waals surface area (Å²) < 4.78 is 34.9. The van der Waals surface area contributed by atoms with Crippen LogP contribution in [0.1, 0.15) is 42.6 Å². The molecule has 0 saturated carbocycles. The maximum atomic E-state index is 13.8. The number of hydrogen-bond donors (Lipinski definition) is 3. The number of aryl methyl sites for hydroxylation is 2. The maximum Gasteiger partial charge on any atom is 0.332 e. The lowest BCUT2D eigenvalue weighted by Gasteiger charge is -2.17. The van der Waals surface area contributed by atoms with Gasteiger partial charge in [-0.15, -0.1) is 0 Å². The van der Waals surface area contributed by atoms with Crippen molar-refractivity contribution < 1.29 is 18.3 Å². The maximum absolute atomic E-state index is 13.8. The fourth-order valence-corrected chi connectivity index (χ4v) is 7.09. The number of halogens is 4. The van der Waals surface area contributed by atoms with Crippen LogP contribution in [0.4, 0.5) is 20.3 Å². The highest BCUT2D eigenvalue weighted by atomic mass is 35.5. The zero-order valence-corrected chi connectivity index (χ0v) is 30.3. The molecular weight excluding hydrogens is 717 g/mol. The number of nitrogens with zero attached hydrogens (tertiary/aromatic N) is 5. The topological polar surface area (TPSA) is 145 Å². The van der Waals surface area contributed by atoms with Crippen LogP contribution in [-0.2, 0) is 31.7 Å². The van der Waals surface area contributed by atoms with Crippen LogP contribution >= 0.6 is 23.2 Å². The summed E-state index contributed by atoms with van der Waals surface area (Å²) in [6, 6.07) is 13.0. The number of fused-ring (bicyclic) bond motifs is 2. The molecule has 16 heteroatoms. The first kappa shape index (κ1) is 36.9. The molecule has 1 atom stereocenters. The summed E-state index contributed by atoms with van der Waals surface area (Å²) in [5.41, 5.74) is 3.37. The molecule has 52 heavy (non-hydrogen) atoms. The van der Waals surface area contributed by atoms with Gasteiger partial charge in [0, 0.05) is 55.4 Å². The lowest BCUT2D eigenvalue weighted by atomic mass is 9.99. The SMILES string of the molecule is CNCC1CCC(=O)N1.COc1nc(-c2cccc(-c3cccc(Nc4nc(C(F)F)nc5c4c(=O)n(C)c(=O)n5C)c3Cl)c2Cl)cc2c1CCC2. The van der Waals surface area contributed by atoms with Crippen LogP contribution in [0.15, 0.2) is 52.1 Å². The second kappa shape index (κ2) is 15.4. The molecule has 2 aromatic carbocycles. The van der Waals surface area contributed by atoms with Gasteiger partial charge in [-0.25, -0.2) is 28.5 Å². The second-order valence-electron chi connectivity index (χ2n) is 12.5. The van der Waals surface area contributed by atoms with E-state index in [0.717, 1.165) is 46.9 Å². The standard InChI is InChI=1S/C30H24Cl2F2N6O3.C6H12N2O/c1-39-27-21(29(41)40(2)30(39)42)25(37-26(38-27)24(33)34)35-19-12-6-10-17(23(19)32)16-9-5-11-18(22(16)31)20-13-14-7-4-8-15(14)28(36-20)43-3;1-7-4-5-2-3-6(9)8-5/h5-6,9-13,24H,4,7-8H2,1-3H3,(H,35,37,38);5,7H,2-4H2,1H3,(H,8,9). The van der Waals surface area contributed by atoms with Gasteiger partial charge in [-0.3, -0.25) is 18.7 Å². The highest BCUT2D eigenvalue weighted by Crippen LogP contribution is 2.43. The Bertz CT molecular complexity index is 2310. The highest BCUT2D eigenvalue weighted by Gasteiger charge is 2.24. The molecule has 3 aromatic heterocycles. The Hall–Kier alpha value is -4.92. The minimum absolute atomic E-state index is 0.146. The molecule has 1 aliphatic heterocycles. The average molecular weight is 754 g/mol. The first-order valence-electron chi connectivity index (χ1n) is 16.5. The van der Waals surface area contributed by atoms with Crippen LogP contribution in [0.3, 0.4) is 0 Å². The average Bonchev–Trinajstić information content (AvgIpc) is 3.79. The van der Waals surface area contributed by atoms with Crippen LogP contribution in [0.25, 0.3) is 33.4 Å². The summed E-state index contributed by atoms with van der Waals surface area (Å²) in [5, 5.41) is 9.26. The van der Waals surface area contributed by atoms with E-state index < -0.39 is 23.5 Å². The van der Waals surface area contributed by atoms with Gasteiger partial charge in [-0.1, -0.05) is 53.5 Å². The quantitative estimate of drug-likeness (QED) is 0.181. The lowest BCUT2D eigenvalue weighted by molar-refractivity contribution is -0.119. The van der Waals surface area contributed by atoms with Crippen molar-refractivity contribution >= 4 is 51.6 Å². The number of benzene rings is 2. The van der Waals surface area contributed by atoms with Crippen molar-refractivity contribution in [3.63, 3.8) is 0 Å². The van der Waals surface area contributed by atoms with Crippen LogP contribution in [0.2, 0.25) is 10.0 Å². The highest BCUT2D eigenvalue weighted by molar-refractivity contribution is 6.39. The van der Waals surface area contributed by atoms with Crippen molar-refractivity contribution in [3.05, 3.63) is 90.3 Å². The van der Waals surface area contributed by atoms with E-state index in [1.165, 1.54) is 19.7 Å². The lowest BCUT2D eigenvalue weighted by Crippen LogP contribution is -2.38.